The molecule has 0 radical (unpaired) electrons. The van der Waals surface area contributed by atoms with Crippen molar-refractivity contribution >= 4 is 0 Å². The molecule has 0 saturated carbocycles. The number of rotatable bonds is 5. The van der Waals surface area contributed by atoms with Gasteiger partial charge in [0.25, 0.3) is 0 Å². The summed E-state index contributed by atoms with van der Waals surface area (Å²) in [4.78, 5) is 0. The first kappa shape index (κ1) is 12.6. The molecule has 2 heterocycles. The summed E-state index contributed by atoms with van der Waals surface area (Å²) in [6, 6.07) is 1.92. The van der Waals surface area contributed by atoms with Gasteiger partial charge in [-0.1, -0.05) is 5.16 Å². The first-order chi connectivity index (χ1) is 8.61. The van der Waals surface area contributed by atoms with Gasteiger partial charge in [0, 0.05) is 19.7 Å². The molecule has 0 saturated heterocycles. The lowest BCUT2D eigenvalue weighted by Gasteiger charge is -2.05. The van der Waals surface area contributed by atoms with Crippen LogP contribution in [0.15, 0.2) is 10.6 Å². The molecule has 0 spiro atoms. The first-order valence-electron chi connectivity index (χ1n) is 5.81. The van der Waals surface area contributed by atoms with Gasteiger partial charge in [0.05, 0.1) is 30.6 Å². The third-order valence-corrected chi connectivity index (χ3v) is 2.76. The summed E-state index contributed by atoms with van der Waals surface area (Å²) in [6.07, 6.45) is 0. The van der Waals surface area contributed by atoms with Crippen molar-refractivity contribution in [1.29, 1.82) is 0 Å². The molecule has 6 nitrogen and oxygen atoms in total. The van der Waals surface area contributed by atoms with E-state index in [9.17, 15) is 0 Å². The highest BCUT2D eigenvalue weighted by Gasteiger charge is 2.13. The van der Waals surface area contributed by atoms with E-state index < -0.39 is 0 Å². The van der Waals surface area contributed by atoms with E-state index in [2.05, 4.69) is 15.6 Å². The molecule has 0 fully saturated rings. The van der Waals surface area contributed by atoms with Crippen LogP contribution in [0.25, 0.3) is 0 Å². The Morgan fingerprint density at radius 3 is 2.78 bits per heavy atom. The molecule has 2 aromatic rings. The van der Waals surface area contributed by atoms with Crippen molar-refractivity contribution in [2.24, 2.45) is 7.05 Å². The fourth-order valence-corrected chi connectivity index (χ4v) is 1.95. The lowest BCUT2D eigenvalue weighted by molar-refractivity contribution is 0.361. The molecule has 0 bridgehead atoms. The van der Waals surface area contributed by atoms with Crippen molar-refractivity contribution in [2.75, 3.05) is 7.11 Å². The van der Waals surface area contributed by atoms with Crippen LogP contribution in [-0.4, -0.2) is 22.0 Å². The fraction of sp³-hybridized carbons (Fsp3) is 0.500. The third kappa shape index (κ3) is 2.53. The summed E-state index contributed by atoms with van der Waals surface area (Å²) < 4.78 is 12.2. The zero-order valence-corrected chi connectivity index (χ0v) is 11.1. The topological polar surface area (TPSA) is 65.1 Å². The van der Waals surface area contributed by atoms with Crippen LogP contribution in [0.5, 0.6) is 5.88 Å². The van der Waals surface area contributed by atoms with Crippen LogP contribution in [-0.2, 0) is 20.1 Å². The predicted octanol–water partition coefficient (Wildman–Crippen LogP) is 1.32. The van der Waals surface area contributed by atoms with Gasteiger partial charge in [-0.05, 0) is 13.8 Å². The first-order valence-corrected chi connectivity index (χ1v) is 5.81. The lowest BCUT2D eigenvalue weighted by atomic mass is 10.2. The highest BCUT2D eigenvalue weighted by atomic mass is 16.5. The maximum atomic E-state index is 5.33. The molecule has 0 aliphatic carbocycles. The van der Waals surface area contributed by atoms with Gasteiger partial charge in [-0.25, -0.2) is 4.68 Å². The van der Waals surface area contributed by atoms with Crippen LogP contribution in [0, 0.1) is 13.8 Å². The Labute approximate surface area is 106 Å². The molecule has 6 heteroatoms. The number of hydrogen-bond acceptors (Lipinski definition) is 5. The molecular weight excluding hydrogens is 232 g/mol. The molecule has 2 rings (SSSR count). The summed E-state index contributed by atoms with van der Waals surface area (Å²) in [5, 5.41) is 11.5. The van der Waals surface area contributed by atoms with Crippen LogP contribution in [0.2, 0.25) is 0 Å². The summed E-state index contributed by atoms with van der Waals surface area (Å²) in [6.45, 7) is 5.19. The predicted molar refractivity (Wildman–Crippen MR) is 66.3 cm³/mol. The summed E-state index contributed by atoms with van der Waals surface area (Å²) in [5.41, 5.74) is 2.92. The molecule has 0 aromatic carbocycles. The van der Waals surface area contributed by atoms with Crippen molar-refractivity contribution < 1.29 is 9.26 Å². The van der Waals surface area contributed by atoms with Gasteiger partial charge < -0.3 is 14.6 Å². The standard InChI is InChI=1S/C12H18N4O2/c1-8-5-10(18-15-8)6-13-7-11-9(2)14-16(3)12(11)17-4/h5,13H,6-7H2,1-4H3. The van der Waals surface area contributed by atoms with Crippen molar-refractivity contribution in [3.05, 3.63) is 28.8 Å². The van der Waals surface area contributed by atoms with Gasteiger partial charge in [-0.15, -0.1) is 0 Å². The molecule has 2 aromatic heterocycles. The van der Waals surface area contributed by atoms with Gasteiger partial charge in [0.15, 0.2) is 5.76 Å². The zero-order valence-electron chi connectivity index (χ0n) is 11.1. The molecule has 98 valence electrons. The van der Waals surface area contributed by atoms with E-state index in [-0.39, 0.29) is 0 Å². The Morgan fingerprint density at radius 1 is 1.39 bits per heavy atom. The molecule has 0 aliphatic heterocycles. The molecule has 1 N–H and O–H groups in total. The average Bonchev–Trinajstić information content (AvgIpc) is 2.84. The average molecular weight is 250 g/mol. The quantitative estimate of drug-likeness (QED) is 0.867. The molecular formula is C12H18N4O2. The van der Waals surface area contributed by atoms with Gasteiger partial charge >= 0.3 is 0 Å². The highest BCUT2D eigenvalue weighted by Crippen LogP contribution is 2.20. The minimum absolute atomic E-state index is 0.637. The Morgan fingerprint density at radius 2 is 2.17 bits per heavy atom. The van der Waals surface area contributed by atoms with Crippen LogP contribution >= 0.6 is 0 Å². The van der Waals surface area contributed by atoms with Crippen LogP contribution in [0.4, 0.5) is 0 Å². The smallest absolute Gasteiger partial charge is 0.216 e. The van der Waals surface area contributed by atoms with E-state index in [1.165, 1.54) is 0 Å². The van der Waals surface area contributed by atoms with E-state index in [1.54, 1.807) is 11.8 Å². The summed E-state index contributed by atoms with van der Waals surface area (Å²) >= 11 is 0. The van der Waals surface area contributed by atoms with E-state index in [0.717, 1.165) is 28.6 Å². The second-order valence-electron chi connectivity index (χ2n) is 4.24. The van der Waals surface area contributed by atoms with Crippen LogP contribution in [0.3, 0.4) is 0 Å². The Bertz CT molecular complexity index is 530. The number of nitrogens with zero attached hydrogens (tertiary/aromatic N) is 3. The fourth-order valence-electron chi connectivity index (χ4n) is 1.95. The normalized spacial score (nSPS) is 10.9. The molecule has 0 aliphatic rings. The van der Waals surface area contributed by atoms with Gasteiger partial charge in [-0.3, -0.25) is 0 Å². The monoisotopic (exact) mass is 250 g/mol. The SMILES string of the molecule is COc1c(CNCc2cc(C)no2)c(C)nn1C. The maximum Gasteiger partial charge on any atom is 0.216 e. The maximum absolute atomic E-state index is 5.33. The minimum Gasteiger partial charge on any atom is -0.481 e. The molecule has 0 amide bonds. The second kappa shape index (κ2) is 5.22. The number of hydrogen-bond donors (Lipinski definition) is 1. The van der Waals surface area contributed by atoms with Gasteiger partial charge in [-0.2, -0.15) is 5.10 Å². The largest absolute Gasteiger partial charge is 0.481 e. The Hall–Kier alpha value is -1.82. The number of ether oxygens (including phenoxy) is 1. The molecule has 18 heavy (non-hydrogen) atoms. The number of aryl methyl sites for hydroxylation is 3. The summed E-state index contributed by atoms with van der Waals surface area (Å²) in [5.74, 6) is 1.61. The second-order valence-corrected chi connectivity index (χ2v) is 4.24. The van der Waals surface area contributed by atoms with Gasteiger partial charge in [0.1, 0.15) is 0 Å². The minimum atomic E-state index is 0.637. The van der Waals surface area contributed by atoms with Crippen LogP contribution < -0.4 is 10.1 Å². The van der Waals surface area contributed by atoms with Gasteiger partial charge in [0.2, 0.25) is 5.88 Å². The van der Waals surface area contributed by atoms with E-state index in [1.807, 2.05) is 27.0 Å². The van der Waals surface area contributed by atoms with Crippen molar-refractivity contribution in [2.45, 2.75) is 26.9 Å². The number of nitrogens with one attached hydrogen (secondary N) is 1. The number of methoxy groups -OCH3 is 1. The number of aromatic nitrogens is 3. The Kier molecular flexibility index (Phi) is 3.66. The van der Waals surface area contributed by atoms with Crippen molar-refractivity contribution in [3.8, 4) is 5.88 Å². The van der Waals surface area contributed by atoms with Crippen molar-refractivity contribution in [1.82, 2.24) is 20.3 Å². The summed E-state index contributed by atoms with van der Waals surface area (Å²) in [7, 11) is 3.52. The van der Waals surface area contributed by atoms with E-state index in [4.69, 9.17) is 9.26 Å². The third-order valence-electron chi connectivity index (χ3n) is 2.76. The molecule has 0 unspecified atom stereocenters. The highest BCUT2D eigenvalue weighted by molar-refractivity contribution is 5.30. The zero-order chi connectivity index (χ0) is 13.1. The van der Waals surface area contributed by atoms with E-state index >= 15 is 0 Å². The van der Waals surface area contributed by atoms with E-state index in [0.29, 0.717) is 13.1 Å². The van der Waals surface area contributed by atoms with Crippen LogP contribution in [0.1, 0.15) is 22.7 Å². The molecule has 0 atom stereocenters. The van der Waals surface area contributed by atoms with Crippen molar-refractivity contribution in [3.63, 3.8) is 0 Å². The lowest BCUT2D eigenvalue weighted by Crippen LogP contribution is -2.13. The Balaban J connectivity index is 1.98.